The van der Waals surface area contributed by atoms with Crippen LogP contribution in [0.3, 0.4) is 0 Å². The average molecular weight is 396 g/mol. The number of anilines is 1. The van der Waals surface area contributed by atoms with Gasteiger partial charge < -0.3 is 19.8 Å². The standard InChI is InChI=1S/C21H24N4O4/c1-13-7-8-18(28-4)16(10-13)23-21(27)20(26)22-12-17(19-6-5-9-29-19)25-15(3)11-14(2)24-25/h5-11,17H,12H2,1-4H3,(H,22,26)(H,23,27). The van der Waals surface area contributed by atoms with Gasteiger partial charge in [0.2, 0.25) is 0 Å². The number of hydrogen-bond donors (Lipinski definition) is 2. The van der Waals surface area contributed by atoms with Crippen molar-refractivity contribution in [3.8, 4) is 5.75 Å². The molecule has 0 saturated heterocycles. The number of methoxy groups -OCH3 is 1. The third-order valence-corrected chi connectivity index (χ3v) is 4.48. The summed E-state index contributed by atoms with van der Waals surface area (Å²) in [6, 6.07) is 10.5. The zero-order chi connectivity index (χ0) is 21.0. The van der Waals surface area contributed by atoms with E-state index in [1.807, 2.05) is 39.0 Å². The first-order chi connectivity index (χ1) is 13.9. The van der Waals surface area contributed by atoms with Crippen LogP contribution in [0.5, 0.6) is 5.75 Å². The molecule has 152 valence electrons. The molecule has 0 aliphatic rings. The molecule has 0 spiro atoms. The van der Waals surface area contributed by atoms with E-state index in [-0.39, 0.29) is 12.6 Å². The van der Waals surface area contributed by atoms with Crippen molar-refractivity contribution in [1.82, 2.24) is 15.1 Å². The molecule has 3 rings (SSSR count). The lowest BCUT2D eigenvalue weighted by Crippen LogP contribution is -2.39. The second-order valence-corrected chi connectivity index (χ2v) is 6.77. The van der Waals surface area contributed by atoms with Crippen LogP contribution in [-0.4, -0.2) is 35.2 Å². The third-order valence-electron chi connectivity index (χ3n) is 4.48. The number of benzene rings is 1. The number of rotatable bonds is 6. The van der Waals surface area contributed by atoms with Crippen molar-refractivity contribution < 1.29 is 18.7 Å². The van der Waals surface area contributed by atoms with Crippen molar-refractivity contribution in [3.05, 3.63) is 65.4 Å². The summed E-state index contributed by atoms with van der Waals surface area (Å²) >= 11 is 0. The number of ether oxygens (including phenoxy) is 1. The van der Waals surface area contributed by atoms with E-state index >= 15 is 0 Å². The van der Waals surface area contributed by atoms with Gasteiger partial charge in [-0.3, -0.25) is 14.3 Å². The minimum absolute atomic E-state index is 0.146. The fourth-order valence-electron chi connectivity index (χ4n) is 3.12. The molecule has 8 heteroatoms. The molecule has 2 amide bonds. The second-order valence-electron chi connectivity index (χ2n) is 6.77. The monoisotopic (exact) mass is 396 g/mol. The molecule has 2 heterocycles. The fraction of sp³-hybridized carbons (Fsp3) is 0.286. The first-order valence-electron chi connectivity index (χ1n) is 9.19. The van der Waals surface area contributed by atoms with E-state index in [4.69, 9.17) is 9.15 Å². The topological polar surface area (TPSA) is 98.4 Å². The smallest absolute Gasteiger partial charge is 0.313 e. The summed E-state index contributed by atoms with van der Waals surface area (Å²) in [5.41, 5.74) is 3.15. The maximum Gasteiger partial charge on any atom is 0.313 e. The predicted octanol–water partition coefficient (Wildman–Crippen LogP) is 2.75. The van der Waals surface area contributed by atoms with Crippen LogP contribution in [0, 0.1) is 20.8 Å². The zero-order valence-electron chi connectivity index (χ0n) is 16.9. The Morgan fingerprint density at radius 3 is 2.59 bits per heavy atom. The first kappa shape index (κ1) is 20.2. The van der Waals surface area contributed by atoms with Gasteiger partial charge in [0.25, 0.3) is 0 Å². The lowest BCUT2D eigenvalue weighted by molar-refractivity contribution is -0.136. The largest absolute Gasteiger partial charge is 0.495 e. The lowest BCUT2D eigenvalue weighted by Gasteiger charge is -2.18. The summed E-state index contributed by atoms with van der Waals surface area (Å²) in [5, 5.41) is 9.74. The number of nitrogens with zero attached hydrogens (tertiary/aromatic N) is 2. The maximum atomic E-state index is 12.4. The Labute approximate surface area is 168 Å². The fourth-order valence-corrected chi connectivity index (χ4v) is 3.12. The molecular formula is C21H24N4O4. The van der Waals surface area contributed by atoms with Gasteiger partial charge in [-0.15, -0.1) is 0 Å². The van der Waals surface area contributed by atoms with Gasteiger partial charge >= 0.3 is 11.8 Å². The van der Waals surface area contributed by atoms with E-state index in [2.05, 4.69) is 15.7 Å². The van der Waals surface area contributed by atoms with Crippen LogP contribution >= 0.6 is 0 Å². The summed E-state index contributed by atoms with van der Waals surface area (Å²) in [6.07, 6.45) is 1.56. The van der Waals surface area contributed by atoms with Crippen molar-refractivity contribution in [1.29, 1.82) is 0 Å². The molecule has 0 aliphatic heterocycles. The molecule has 0 radical (unpaired) electrons. The number of amides is 2. The zero-order valence-corrected chi connectivity index (χ0v) is 16.9. The normalized spacial score (nSPS) is 11.7. The van der Waals surface area contributed by atoms with Gasteiger partial charge in [-0.05, 0) is 56.7 Å². The highest BCUT2D eigenvalue weighted by Gasteiger charge is 2.23. The van der Waals surface area contributed by atoms with E-state index in [0.717, 1.165) is 17.0 Å². The van der Waals surface area contributed by atoms with E-state index in [1.54, 1.807) is 29.1 Å². The van der Waals surface area contributed by atoms with Gasteiger partial charge in [-0.1, -0.05) is 6.07 Å². The van der Waals surface area contributed by atoms with Crippen LogP contribution in [0.2, 0.25) is 0 Å². The van der Waals surface area contributed by atoms with Crippen LogP contribution in [0.4, 0.5) is 5.69 Å². The van der Waals surface area contributed by atoms with E-state index in [0.29, 0.717) is 17.2 Å². The number of nitrogens with one attached hydrogen (secondary N) is 2. The van der Waals surface area contributed by atoms with Crippen LogP contribution in [0.1, 0.15) is 28.8 Å². The van der Waals surface area contributed by atoms with Crippen LogP contribution in [0.15, 0.2) is 47.1 Å². The predicted molar refractivity (Wildman–Crippen MR) is 108 cm³/mol. The summed E-state index contributed by atoms with van der Waals surface area (Å²) in [7, 11) is 1.50. The number of carbonyl (C=O) groups is 2. The molecule has 0 bridgehead atoms. The average Bonchev–Trinajstić information content (AvgIpc) is 3.32. The number of hydrogen-bond acceptors (Lipinski definition) is 5. The Kier molecular flexibility index (Phi) is 6.01. The Morgan fingerprint density at radius 2 is 1.97 bits per heavy atom. The molecular weight excluding hydrogens is 372 g/mol. The van der Waals surface area contributed by atoms with Gasteiger partial charge in [0.05, 0.1) is 24.8 Å². The van der Waals surface area contributed by atoms with Gasteiger partial charge in [0.15, 0.2) is 0 Å². The molecule has 2 N–H and O–H groups in total. The Balaban J connectivity index is 1.71. The molecule has 1 unspecified atom stereocenters. The van der Waals surface area contributed by atoms with Crippen molar-refractivity contribution in [2.24, 2.45) is 0 Å². The van der Waals surface area contributed by atoms with Crippen LogP contribution < -0.4 is 15.4 Å². The quantitative estimate of drug-likeness (QED) is 0.625. The van der Waals surface area contributed by atoms with Crippen LogP contribution in [-0.2, 0) is 9.59 Å². The Morgan fingerprint density at radius 1 is 1.17 bits per heavy atom. The summed E-state index contributed by atoms with van der Waals surface area (Å²) < 4.78 is 12.5. The molecule has 8 nitrogen and oxygen atoms in total. The van der Waals surface area contributed by atoms with Gasteiger partial charge in [-0.2, -0.15) is 5.10 Å². The van der Waals surface area contributed by atoms with E-state index < -0.39 is 11.8 Å². The molecule has 0 saturated carbocycles. The lowest BCUT2D eigenvalue weighted by atomic mass is 10.2. The highest BCUT2D eigenvalue weighted by atomic mass is 16.5. The summed E-state index contributed by atoms with van der Waals surface area (Å²) in [6.45, 7) is 5.85. The number of carbonyl (C=O) groups excluding carboxylic acids is 2. The third kappa shape index (κ3) is 4.66. The first-order valence-corrected chi connectivity index (χ1v) is 9.19. The molecule has 1 aromatic carbocycles. The molecule has 2 aromatic heterocycles. The van der Waals surface area contributed by atoms with Crippen molar-refractivity contribution >= 4 is 17.5 Å². The van der Waals surface area contributed by atoms with E-state index in [1.165, 1.54) is 7.11 Å². The Bertz CT molecular complexity index is 1010. The second kappa shape index (κ2) is 8.64. The van der Waals surface area contributed by atoms with Crippen molar-refractivity contribution in [3.63, 3.8) is 0 Å². The van der Waals surface area contributed by atoms with Gasteiger partial charge in [0, 0.05) is 12.2 Å². The van der Waals surface area contributed by atoms with Crippen LogP contribution in [0.25, 0.3) is 0 Å². The highest BCUT2D eigenvalue weighted by molar-refractivity contribution is 6.39. The minimum Gasteiger partial charge on any atom is -0.495 e. The summed E-state index contributed by atoms with van der Waals surface area (Å²) in [4.78, 5) is 24.8. The van der Waals surface area contributed by atoms with Gasteiger partial charge in [0.1, 0.15) is 17.6 Å². The van der Waals surface area contributed by atoms with E-state index in [9.17, 15) is 9.59 Å². The molecule has 3 aromatic rings. The molecule has 0 fully saturated rings. The van der Waals surface area contributed by atoms with Crippen molar-refractivity contribution in [2.75, 3.05) is 19.0 Å². The molecule has 29 heavy (non-hydrogen) atoms. The number of furan rings is 1. The number of aromatic nitrogens is 2. The molecule has 0 aliphatic carbocycles. The Hall–Kier alpha value is -3.55. The minimum atomic E-state index is -0.777. The van der Waals surface area contributed by atoms with Crippen molar-refractivity contribution in [2.45, 2.75) is 26.8 Å². The van der Waals surface area contributed by atoms with Gasteiger partial charge in [-0.25, -0.2) is 0 Å². The maximum absolute atomic E-state index is 12.4. The molecule has 1 atom stereocenters. The number of aryl methyl sites for hydroxylation is 3. The summed E-state index contributed by atoms with van der Waals surface area (Å²) in [5.74, 6) is -0.419. The SMILES string of the molecule is COc1ccc(C)cc1NC(=O)C(=O)NCC(c1ccco1)n1nc(C)cc1C. The highest BCUT2D eigenvalue weighted by Crippen LogP contribution is 2.25.